The van der Waals surface area contributed by atoms with Crippen LogP contribution in [0.4, 0.5) is 0 Å². The number of rotatable bonds is 11. The fourth-order valence-corrected chi connectivity index (χ4v) is 2.82. The Morgan fingerprint density at radius 3 is 2.33 bits per heavy atom. The molecule has 2 rings (SSSR count). The lowest BCUT2D eigenvalue weighted by molar-refractivity contribution is -0.123. The number of unbranched alkanes of at least 4 members (excludes halogenated alkanes) is 3. The molecule has 0 spiro atoms. The molecule has 0 aliphatic rings. The molecule has 0 fully saturated rings. The normalized spacial score (nSPS) is 10.5. The van der Waals surface area contributed by atoms with Gasteiger partial charge >= 0.3 is 0 Å². The van der Waals surface area contributed by atoms with Crippen LogP contribution in [0.5, 0.6) is 11.5 Å². The standard InChI is InChI=1S/C24H32N2O4/c1-4-5-6-9-16-29-22-11-8-7-10-21(22)24(28)26-25-23(27)17-30-20-14-12-19(13-15-20)18(2)3/h7-8,10-15,18H,4-6,9,16-17H2,1-3H3,(H,25,27)(H,26,28). The number of benzene rings is 2. The first-order valence-corrected chi connectivity index (χ1v) is 10.5. The first-order valence-electron chi connectivity index (χ1n) is 10.5. The van der Waals surface area contributed by atoms with Crippen molar-refractivity contribution in [2.45, 2.75) is 52.4 Å². The number of hydrazine groups is 1. The smallest absolute Gasteiger partial charge is 0.276 e. The van der Waals surface area contributed by atoms with E-state index in [1.165, 1.54) is 12.0 Å². The number of para-hydroxylation sites is 1. The lowest BCUT2D eigenvalue weighted by Gasteiger charge is -2.13. The molecule has 0 unspecified atom stereocenters. The summed E-state index contributed by atoms with van der Waals surface area (Å²) in [4.78, 5) is 24.4. The van der Waals surface area contributed by atoms with Crippen LogP contribution in [0.3, 0.4) is 0 Å². The van der Waals surface area contributed by atoms with E-state index in [4.69, 9.17) is 9.47 Å². The van der Waals surface area contributed by atoms with Gasteiger partial charge < -0.3 is 9.47 Å². The van der Waals surface area contributed by atoms with E-state index >= 15 is 0 Å². The minimum atomic E-state index is -0.450. The van der Waals surface area contributed by atoms with E-state index in [-0.39, 0.29) is 6.61 Å². The Kier molecular flexibility index (Phi) is 9.71. The number of ether oxygens (including phenoxy) is 2. The van der Waals surface area contributed by atoms with Crippen molar-refractivity contribution in [3.8, 4) is 11.5 Å². The van der Waals surface area contributed by atoms with Crippen molar-refractivity contribution >= 4 is 11.8 Å². The molecule has 2 aromatic carbocycles. The Labute approximate surface area is 178 Å². The van der Waals surface area contributed by atoms with Crippen molar-refractivity contribution in [1.82, 2.24) is 10.9 Å². The fourth-order valence-electron chi connectivity index (χ4n) is 2.82. The number of hydrogen-bond acceptors (Lipinski definition) is 4. The highest BCUT2D eigenvalue weighted by Gasteiger charge is 2.13. The minimum Gasteiger partial charge on any atom is -0.493 e. The molecule has 6 nitrogen and oxygen atoms in total. The van der Waals surface area contributed by atoms with Gasteiger partial charge in [-0.1, -0.05) is 64.3 Å². The van der Waals surface area contributed by atoms with Gasteiger partial charge in [0.25, 0.3) is 11.8 Å². The molecule has 0 aromatic heterocycles. The maximum absolute atomic E-state index is 12.4. The van der Waals surface area contributed by atoms with Gasteiger partial charge in [0, 0.05) is 0 Å². The van der Waals surface area contributed by atoms with Crippen LogP contribution in [0.1, 0.15) is 68.3 Å². The second-order valence-corrected chi connectivity index (χ2v) is 7.42. The maximum atomic E-state index is 12.4. The highest BCUT2D eigenvalue weighted by molar-refractivity contribution is 5.97. The average molecular weight is 413 g/mol. The van der Waals surface area contributed by atoms with E-state index in [9.17, 15) is 9.59 Å². The Balaban J connectivity index is 1.78. The summed E-state index contributed by atoms with van der Waals surface area (Å²) in [6.45, 7) is 6.74. The maximum Gasteiger partial charge on any atom is 0.276 e. The molecule has 0 radical (unpaired) electrons. The lowest BCUT2D eigenvalue weighted by atomic mass is 10.0. The van der Waals surface area contributed by atoms with Crippen LogP contribution < -0.4 is 20.3 Å². The minimum absolute atomic E-state index is 0.198. The van der Waals surface area contributed by atoms with Crippen LogP contribution in [0.25, 0.3) is 0 Å². The largest absolute Gasteiger partial charge is 0.493 e. The summed E-state index contributed by atoms with van der Waals surface area (Å²) in [5.74, 6) is 0.647. The Morgan fingerprint density at radius 1 is 0.900 bits per heavy atom. The van der Waals surface area contributed by atoms with E-state index < -0.39 is 11.8 Å². The molecule has 0 aliphatic heterocycles. The number of carbonyl (C=O) groups excluding carboxylic acids is 2. The van der Waals surface area contributed by atoms with E-state index in [2.05, 4.69) is 31.6 Å². The highest BCUT2D eigenvalue weighted by atomic mass is 16.5. The van der Waals surface area contributed by atoms with E-state index in [0.29, 0.717) is 29.6 Å². The summed E-state index contributed by atoms with van der Waals surface area (Å²) in [6.07, 6.45) is 4.37. The fraction of sp³-hybridized carbons (Fsp3) is 0.417. The van der Waals surface area contributed by atoms with E-state index in [0.717, 1.165) is 19.3 Å². The zero-order valence-corrected chi connectivity index (χ0v) is 18.1. The highest BCUT2D eigenvalue weighted by Crippen LogP contribution is 2.19. The van der Waals surface area contributed by atoms with Crippen LogP contribution in [0.15, 0.2) is 48.5 Å². The number of hydrogen-bond donors (Lipinski definition) is 2. The Bertz CT molecular complexity index is 803. The average Bonchev–Trinajstić information content (AvgIpc) is 2.76. The van der Waals surface area contributed by atoms with Gasteiger partial charge in [0.05, 0.1) is 12.2 Å². The first-order chi connectivity index (χ1) is 14.5. The molecule has 30 heavy (non-hydrogen) atoms. The molecule has 0 saturated heterocycles. The van der Waals surface area contributed by atoms with E-state index in [1.807, 2.05) is 30.3 Å². The predicted octanol–water partition coefficient (Wildman–Crippen LogP) is 4.61. The van der Waals surface area contributed by atoms with Gasteiger partial charge in [-0.05, 0) is 42.2 Å². The molecular formula is C24H32N2O4. The Hall–Kier alpha value is -3.02. The molecule has 0 heterocycles. The quantitative estimate of drug-likeness (QED) is 0.417. The number of nitrogens with one attached hydrogen (secondary N) is 2. The summed E-state index contributed by atoms with van der Waals surface area (Å²) in [5.41, 5.74) is 6.36. The zero-order chi connectivity index (χ0) is 21.8. The summed E-state index contributed by atoms with van der Waals surface area (Å²) < 4.78 is 11.2. The lowest BCUT2D eigenvalue weighted by Crippen LogP contribution is -2.43. The molecule has 2 amide bonds. The number of amides is 2. The molecular weight excluding hydrogens is 380 g/mol. The number of carbonyl (C=O) groups is 2. The summed E-state index contributed by atoms with van der Waals surface area (Å²) in [6, 6.07) is 14.6. The predicted molar refractivity (Wildman–Crippen MR) is 118 cm³/mol. The monoisotopic (exact) mass is 412 g/mol. The second-order valence-electron chi connectivity index (χ2n) is 7.42. The van der Waals surface area contributed by atoms with Crippen LogP contribution >= 0.6 is 0 Å². The van der Waals surface area contributed by atoms with Crippen molar-refractivity contribution in [3.63, 3.8) is 0 Å². The summed E-state index contributed by atoms with van der Waals surface area (Å²) in [7, 11) is 0. The second kappa shape index (κ2) is 12.5. The van der Waals surface area contributed by atoms with Crippen LogP contribution in [-0.2, 0) is 4.79 Å². The first kappa shape index (κ1) is 23.3. The molecule has 162 valence electrons. The van der Waals surface area contributed by atoms with Crippen molar-refractivity contribution < 1.29 is 19.1 Å². The summed E-state index contributed by atoms with van der Waals surface area (Å²) >= 11 is 0. The zero-order valence-electron chi connectivity index (χ0n) is 18.1. The van der Waals surface area contributed by atoms with Crippen molar-refractivity contribution in [3.05, 3.63) is 59.7 Å². The third-order valence-corrected chi connectivity index (χ3v) is 4.62. The van der Waals surface area contributed by atoms with Gasteiger partial charge in [-0.3, -0.25) is 20.4 Å². The third kappa shape index (κ3) is 7.78. The molecule has 0 bridgehead atoms. The van der Waals surface area contributed by atoms with Gasteiger partial charge in [-0.15, -0.1) is 0 Å². The van der Waals surface area contributed by atoms with Gasteiger partial charge in [-0.2, -0.15) is 0 Å². The Morgan fingerprint density at radius 2 is 1.63 bits per heavy atom. The van der Waals surface area contributed by atoms with Gasteiger partial charge in [0.15, 0.2) is 6.61 Å². The van der Waals surface area contributed by atoms with Crippen molar-refractivity contribution in [1.29, 1.82) is 0 Å². The van der Waals surface area contributed by atoms with Crippen molar-refractivity contribution in [2.24, 2.45) is 0 Å². The van der Waals surface area contributed by atoms with Crippen molar-refractivity contribution in [2.75, 3.05) is 13.2 Å². The molecule has 6 heteroatoms. The molecule has 2 aromatic rings. The molecule has 0 atom stereocenters. The van der Waals surface area contributed by atoms with Gasteiger partial charge in [0.2, 0.25) is 0 Å². The van der Waals surface area contributed by atoms with Gasteiger partial charge in [-0.25, -0.2) is 0 Å². The van der Waals surface area contributed by atoms with Gasteiger partial charge in [0.1, 0.15) is 11.5 Å². The van der Waals surface area contributed by atoms with Crippen LogP contribution in [-0.4, -0.2) is 25.0 Å². The molecule has 2 N–H and O–H groups in total. The van der Waals surface area contributed by atoms with Crippen LogP contribution in [0.2, 0.25) is 0 Å². The molecule has 0 saturated carbocycles. The third-order valence-electron chi connectivity index (χ3n) is 4.62. The summed E-state index contributed by atoms with van der Waals surface area (Å²) in [5, 5.41) is 0. The van der Waals surface area contributed by atoms with E-state index in [1.54, 1.807) is 18.2 Å². The topological polar surface area (TPSA) is 76.7 Å². The van der Waals surface area contributed by atoms with Crippen LogP contribution in [0, 0.1) is 0 Å². The molecule has 0 aliphatic carbocycles. The SMILES string of the molecule is CCCCCCOc1ccccc1C(=O)NNC(=O)COc1ccc(C(C)C)cc1.